The number of pyridine rings is 1. The molecular weight excluding hydrogens is 1600 g/mol. The molecule has 124 heavy (non-hydrogen) atoms. The van der Waals surface area contributed by atoms with Gasteiger partial charge in [-0.15, -0.1) is 0 Å². The van der Waals surface area contributed by atoms with Crippen LogP contribution in [0.2, 0.25) is 0 Å². The molecule has 8 heterocycles. The lowest BCUT2D eigenvalue weighted by atomic mass is 9.80. The quantitative estimate of drug-likeness (QED) is 0.00859. The van der Waals surface area contributed by atoms with Gasteiger partial charge >= 0.3 is 12.1 Å². The number of methoxy groups -OCH3 is 2. The van der Waals surface area contributed by atoms with Crippen molar-refractivity contribution < 1.29 is 106 Å². The van der Waals surface area contributed by atoms with Gasteiger partial charge in [0.05, 0.1) is 142 Å². The summed E-state index contributed by atoms with van der Waals surface area (Å²) in [5.41, 5.74) is 21.1. The number of hydrogen-bond acceptors (Lipinski definition) is 28. The fourth-order valence-corrected chi connectivity index (χ4v) is 16.8. The maximum absolute atomic E-state index is 14.7. The number of benzene rings is 1. The van der Waals surface area contributed by atoms with Gasteiger partial charge in [-0.1, -0.05) is 82.4 Å². The number of aromatic amines is 1. The molecule has 10 rings (SSSR count). The summed E-state index contributed by atoms with van der Waals surface area (Å²) in [7, 11) is 3.12. The van der Waals surface area contributed by atoms with E-state index in [2.05, 4.69) is 43.5 Å². The zero-order valence-electron chi connectivity index (χ0n) is 73.5. The smallest absolute Gasteiger partial charge is 0.407 e. The number of aromatic nitrogens is 6. The van der Waals surface area contributed by atoms with Gasteiger partial charge in [0.25, 0.3) is 11.7 Å². The average Bonchev–Trinajstić information content (AvgIpc) is 1.41. The van der Waals surface area contributed by atoms with Gasteiger partial charge < -0.3 is 108 Å². The maximum Gasteiger partial charge on any atom is 0.407 e. The van der Waals surface area contributed by atoms with E-state index < -0.39 is 102 Å². The van der Waals surface area contributed by atoms with E-state index in [1.54, 1.807) is 47.3 Å². The first-order valence-corrected chi connectivity index (χ1v) is 44.2. The molecule has 1 aromatic carbocycles. The number of anilines is 1. The average molecular weight is 1730 g/mol. The molecule has 684 valence electrons. The van der Waals surface area contributed by atoms with Crippen LogP contribution < -0.4 is 16.8 Å². The second-order valence-electron chi connectivity index (χ2n) is 33.4. The number of aliphatic hydroxyl groups excluding tert-OH is 2. The molecule has 0 radical (unpaired) electrons. The number of nitrogens with zero attached hydrogens (tertiary/aromatic N) is 7. The van der Waals surface area contributed by atoms with E-state index in [1.807, 2.05) is 79.1 Å². The third-order valence-corrected chi connectivity index (χ3v) is 24.0. The second kappa shape index (κ2) is 50.3. The number of aliphatic hydroxyl groups is 3. The number of H-pyrrole nitrogens is 1. The number of amides is 3. The van der Waals surface area contributed by atoms with Crippen LogP contribution in [0.3, 0.4) is 0 Å². The Labute approximate surface area is 727 Å². The third kappa shape index (κ3) is 28.8. The molecule has 9 N–H and O–H groups in total. The highest BCUT2D eigenvalue weighted by atomic mass is 16.6. The number of nitrogens with two attached hydrogens (primary N) is 2. The van der Waals surface area contributed by atoms with Gasteiger partial charge in [-0.3, -0.25) is 19.2 Å². The number of piperidine rings is 1. The second-order valence-corrected chi connectivity index (χ2v) is 33.4. The number of carbonyl (C=O) groups excluding carboxylic acids is 6. The Morgan fingerprint density at radius 3 is 2.07 bits per heavy atom. The number of hydrogen-bond donors (Lipinski definition) is 7. The Morgan fingerprint density at radius 2 is 1.39 bits per heavy atom. The molecule has 4 aliphatic heterocycles. The minimum absolute atomic E-state index is 0.0360. The van der Waals surface area contributed by atoms with Crippen molar-refractivity contribution in [1.82, 2.24) is 44.8 Å². The van der Waals surface area contributed by atoms with Gasteiger partial charge in [-0.05, 0) is 155 Å². The fraction of sp³-hybridized carbons (Fsp3) is 0.648. The normalized spacial score (nSPS) is 27.3. The summed E-state index contributed by atoms with van der Waals surface area (Å²) in [4.78, 5) is 103. The SMILES string of the molecule is CO[C@H]1C[C@@H]2CC[C@@H](C)[C@@](O)(O2)C(=O)C(=O)N2CCCC[C@H]2C(=O)O[C@H]([C@H](N)C[C@@H]2CC[C@@H](OC(=O)NCCOCCOCCOCCOCCOCCOCCOCCOCCC(=O)N3CCc4cc(Cn5nc(-c6cnc7[nH]ccc7c6)c6c(N)ncnc65)ccc4C3)[C@H](OC)C2)CC[C@H](C)/C=C(\C)[C@@H](O)[C@@H](O)C(=O)[C@H](C)C[C@H](C)/C=C/C=C/C=C/1C. The first-order chi connectivity index (χ1) is 59.9. The lowest BCUT2D eigenvalue weighted by Crippen LogP contribution is -2.61. The number of esters is 1. The van der Waals surface area contributed by atoms with Crippen molar-refractivity contribution in [3.8, 4) is 11.3 Å². The molecule has 0 unspecified atom stereocenters. The monoisotopic (exact) mass is 1730 g/mol. The van der Waals surface area contributed by atoms with Crippen LogP contribution in [-0.4, -0.2) is 290 Å². The van der Waals surface area contributed by atoms with Crippen molar-refractivity contribution in [2.45, 2.75) is 212 Å². The number of ether oxygens (including phenoxy) is 13. The summed E-state index contributed by atoms with van der Waals surface area (Å²) in [5, 5.41) is 44.0. The van der Waals surface area contributed by atoms with E-state index in [4.69, 9.17) is 78.1 Å². The van der Waals surface area contributed by atoms with E-state index in [0.717, 1.165) is 39.7 Å². The van der Waals surface area contributed by atoms with Crippen molar-refractivity contribution in [3.05, 3.63) is 113 Å². The van der Waals surface area contributed by atoms with Crippen LogP contribution in [0.15, 0.2) is 96.7 Å². The number of fused-ring (bicyclic) bond motifs is 6. The molecule has 0 spiro atoms. The van der Waals surface area contributed by atoms with E-state index >= 15 is 0 Å². The van der Waals surface area contributed by atoms with E-state index in [-0.39, 0.29) is 62.6 Å². The molecule has 1 saturated carbocycles. The van der Waals surface area contributed by atoms with Gasteiger partial charge in [0, 0.05) is 88.0 Å². The number of nitrogen functional groups attached to an aromatic ring is 1. The lowest BCUT2D eigenvalue weighted by Gasteiger charge is -2.42. The summed E-state index contributed by atoms with van der Waals surface area (Å²) in [5.74, 6) is -7.08. The number of carbonyl (C=O) groups is 6. The van der Waals surface area contributed by atoms with Gasteiger partial charge in [0.2, 0.25) is 11.7 Å². The van der Waals surface area contributed by atoms with E-state index in [1.165, 1.54) is 16.8 Å². The summed E-state index contributed by atoms with van der Waals surface area (Å²) < 4.78 is 77.2. The van der Waals surface area contributed by atoms with Crippen LogP contribution in [0.1, 0.15) is 148 Å². The summed E-state index contributed by atoms with van der Waals surface area (Å²) >= 11 is 0. The Kier molecular flexibility index (Phi) is 39.6. The molecule has 1 aliphatic carbocycles. The van der Waals surface area contributed by atoms with E-state index in [9.17, 15) is 44.1 Å². The highest BCUT2D eigenvalue weighted by Crippen LogP contribution is 2.39. The van der Waals surface area contributed by atoms with E-state index in [0.29, 0.717) is 217 Å². The number of rotatable bonds is 36. The summed E-state index contributed by atoms with van der Waals surface area (Å²) in [6.45, 7) is 18.7. The number of ketones is 2. The topological polar surface area (TPSA) is 426 Å². The lowest BCUT2D eigenvalue weighted by molar-refractivity contribution is -0.265. The van der Waals surface area contributed by atoms with Crippen molar-refractivity contribution >= 4 is 63.3 Å². The molecule has 5 aliphatic rings. The number of alkyl carbamates (subject to hydrolysis) is 1. The predicted octanol–water partition coefficient (Wildman–Crippen LogP) is 8.19. The largest absolute Gasteiger partial charge is 0.459 e. The number of Topliss-reactive ketones (excluding diaryl/α,β-unsaturated/α-hetero) is 2. The number of cyclic esters (lactones) is 1. The summed E-state index contributed by atoms with van der Waals surface area (Å²) in [6, 6.07) is 8.45. The summed E-state index contributed by atoms with van der Waals surface area (Å²) in [6.07, 6.45) is 16.1. The Bertz CT molecular complexity index is 4340. The van der Waals surface area contributed by atoms with Crippen LogP contribution >= 0.6 is 0 Å². The van der Waals surface area contributed by atoms with Gasteiger partial charge in [0.1, 0.15) is 53.9 Å². The first-order valence-electron chi connectivity index (χ1n) is 44.2. The Balaban J connectivity index is 0.543. The third-order valence-electron chi connectivity index (χ3n) is 24.0. The number of nitrogens with one attached hydrogen (secondary N) is 2. The van der Waals surface area contributed by atoms with Crippen molar-refractivity contribution in [2.75, 3.05) is 145 Å². The molecule has 2 bridgehead atoms. The Morgan fingerprint density at radius 1 is 0.702 bits per heavy atom. The minimum atomic E-state index is -2.46. The van der Waals surface area contributed by atoms with Crippen molar-refractivity contribution in [2.24, 2.45) is 35.3 Å². The Hall–Kier alpha value is -8.36. The molecular formula is C91H133N11O22. The van der Waals surface area contributed by atoms with Crippen LogP contribution in [0.5, 0.6) is 0 Å². The highest BCUT2D eigenvalue weighted by Gasteiger charge is 2.53. The zero-order valence-corrected chi connectivity index (χ0v) is 73.5. The first kappa shape index (κ1) is 97.8. The van der Waals surface area contributed by atoms with Crippen LogP contribution in [0.25, 0.3) is 33.3 Å². The fourth-order valence-electron chi connectivity index (χ4n) is 16.8. The van der Waals surface area contributed by atoms with Crippen LogP contribution in [0.4, 0.5) is 10.6 Å². The predicted molar refractivity (Wildman–Crippen MR) is 462 cm³/mol. The van der Waals surface area contributed by atoms with Gasteiger partial charge in [0.15, 0.2) is 11.4 Å². The number of allylic oxidation sites excluding steroid dienone is 6. The minimum Gasteiger partial charge on any atom is -0.459 e. The molecule has 5 aromatic rings. The molecule has 33 heteroatoms. The maximum atomic E-state index is 14.7. The van der Waals surface area contributed by atoms with Crippen molar-refractivity contribution in [3.63, 3.8) is 0 Å². The molecule has 15 atom stereocenters. The molecule has 2 saturated heterocycles. The van der Waals surface area contributed by atoms with Crippen LogP contribution in [0, 0.1) is 29.6 Å². The zero-order chi connectivity index (χ0) is 88.5. The molecule has 3 amide bonds. The highest BCUT2D eigenvalue weighted by molar-refractivity contribution is 6.39. The molecule has 4 aromatic heterocycles. The molecule has 3 fully saturated rings. The standard InChI is InChI=1S/C91H133N11O22/c1-59-14-10-9-11-15-61(3)76(112-7)54-71-22-18-64(6)91(111,124-71)84(107)88(108)101-30-13-12-16-73(101)89(109)122-74(23-17-60(2)49-63(5)82(105)83(106)81(104)62(4)48-59)72(92)51-65-20-24-75(77(52-65)113-8)123-90(110)95-29-33-115-35-37-117-39-41-119-43-45-121-47-46-120-44-42-118-40-38-116-36-34-114-32-27-78(103)100-31-26-67-50-66(19-21-69(67)57-100)56-102-87-79(85(93)97-58-98-87)80(99-102)70-53-68-25-28-94-86(68)96-55-70/h9-11,14-15,19,21,25,28,49-50,53,55,58-60,62,64-65,71-77,82-83,105-106,111H,12-13,16-18,20,22-24,26-27,29-48,51-52,54,56-57,92H2,1-8H3,(H,94,96)(H,95,110)(H2,93,97,98)/b11-9+,14-10+,61-15+,63-49+/t59-,60+,62-,64-,65+,71+,72-,73+,74+,75-,76+,77-,82-,83+,91-/m1/s1. The van der Waals surface area contributed by atoms with Gasteiger partial charge in [-0.2, -0.15) is 5.10 Å². The van der Waals surface area contributed by atoms with Gasteiger partial charge in [-0.25, -0.2) is 29.2 Å². The molecule has 33 nitrogen and oxygen atoms in total. The van der Waals surface area contributed by atoms with Crippen LogP contribution in [-0.2, 0) is 105 Å². The van der Waals surface area contributed by atoms with Crippen molar-refractivity contribution in [1.29, 1.82) is 0 Å².